The lowest BCUT2D eigenvalue weighted by Gasteiger charge is -2.42. The van der Waals surface area contributed by atoms with Crippen LogP contribution in [0.5, 0.6) is 5.75 Å². The third kappa shape index (κ3) is 9.34. The molecule has 49 heavy (non-hydrogen) atoms. The second-order valence-electron chi connectivity index (χ2n) is 13.8. The number of aliphatic hydroxyl groups is 1. The Kier molecular flexibility index (Phi) is 12.1. The Balaban J connectivity index is 1.72. The van der Waals surface area contributed by atoms with Gasteiger partial charge in [0.2, 0.25) is 5.91 Å². The summed E-state index contributed by atoms with van der Waals surface area (Å²) in [6, 6.07) is 3.60. The zero-order chi connectivity index (χ0) is 36.3. The van der Waals surface area contributed by atoms with Gasteiger partial charge in [-0.2, -0.15) is 0 Å². The number of fused-ring (bicyclic) bond motifs is 5. The van der Waals surface area contributed by atoms with Gasteiger partial charge < -0.3 is 39.0 Å². The van der Waals surface area contributed by atoms with Crippen molar-refractivity contribution in [3.8, 4) is 5.75 Å². The number of allylic oxidation sites excluding steroid dienone is 3. The Hall–Kier alpha value is -3.17. The normalized spacial score (nSPS) is 32.8. The number of thiol groups is 1. The van der Waals surface area contributed by atoms with E-state index in [0.29, 0.717) is 30.0 Å². The molecule has 3 aliphatic heterocycles. The third-order valence-corrected chi connectivity index (χ3v) is 11.1. The summed E-state index contributed by atoms with van der Waals surface area (Å²) in [6.07, 6.45) is 4.31. The van der Waals surface area contributed by atoms with Crippen molar-refractivity contribution in [3.63, 3.8) is 0 Å². The molecule has 4 bridgehead atoms. The number of nitrogens with zero attached hydrogens (tertiary/aromatic N) is 1. The predicted molar refractivity (Wildman–Crippen MR) is 188 cm³/mol. The minimum Gasteiger partial charge on any atom is -0.495 e. The summed E-state index contributed by atoms with van der Waals surface area (Å²) < 4.78 is 40.9. The summed E-state index contributed by atoms with van der Waals surface area (Å²) in [5.74, 6) is -0.0531. The highest BCUT2D eigenvalue weighted by Crippen LogP contribution is 2.49. The second-order valence-corrected chi connectivity index (χ2v) is 17.7. The number of hydrogen-bond acceptors (Lipinski definition) is 10. The molecule has 0 spiro atoms. The molecule has 1 aromatic carbocycles. The van der Waals surface area contributed by atoms with E-state index in [4.69, 9.17) is 35.3 Å². The predicted octanol–water partition coefficient (Wildman–Crippen LogP) is 3.52. The van der Waals surface area contributed by atoms with Crippen molar-refractivity contribution in [2.75, 3.05) is 51.0 Å². The number of ether oxygens (including phenoxy) is 5. The first-order valence-corrected chi connectivity index (χ1v) is 19.4. The molecule has 3 amide bonds. The first-order valence-electron chi connectivity index (χ1n) is 16.3. The van der Waals surface area contributed by atoms with Crippen molar-refractivity contribution >= 4 is 45.3 Å². The van der Waals surface area contributed by atoms with Crippen LogP contribution in [-0.4, -0.2) is 109 Å². The third-order valence-electron chi connectivity index (χ3n) is 9.34. The lowest BCUT2D eigenvalue weighted by Crippen LogP contribution is -2.63. The van der Waals surface area contributed by atoms with Gasteiger partial charge in [0.1, 0.15) is 34.7 Å². The van der Waals surface area contributed by atoms with Crippen molar-refractivity contribution in [1.29, 1.82) is 0 Å². The highest BCUT2D eigenvalue weighted by Gasteiger charge is 2.64. The van der Waals surface area contributed by atoms with Crippen molar-refractivity contribution in [1.82, 2.24) is 10.6 Å². The average Bonchev–Trinajstić information content (AvgIpc) is 3.71. The van der Waals surface area contributed by atoms with Crippen molar-refractivity contribution in [3.05, 3.63) is 46.5 Å². The van der Waals surface area contributed by atoms with E-state index in [1.165, 1.54) is 19.1 Å². The maximum atomic E-state index is 13.9. The molecule has 1 aromatic rings. The number of carbonyl (C=O) groups excluding carboxylic acids is 3. The highest BCUT2D eigenvalue weighted by molar-refractivity contribution is 8.01. The van der Waals surface area contributed by atoms with E-state index in [1.54, 1.807) is 50.8 Å². The van der Waals surface area contributed by atoms with Crippen molar-refractivity contribution in [2.24, 2.45) is 5.92 Å². The number of methoxy groups -OCH3 is 2. The quantitative estimate of drug-likeness (QED) is 0.186. The topological polar surface area (TPSA) is 165 Å². The number of amides is 3. The summed E-state index contributed by atoms with van der Waals surface area (Å²) in [6.45, 7) is 5.70. The molecule has 0 aromatic heterocycles. The smallest absolute Gasteiger partial charge is 0.409 e. The average molecular weight is 728 g/mol. The number of nitrogens with one attached hydrogen (secondary N) is 2. The van der Waals surface area contributed by atoms with Crippen LogP contribution in [0.2, 0.25) is 5.02 Å². The number of carbonyl (C=O) groups is 3. The number of alkyl carbamates (subject to hydrolysis) is 2. The van der Waals surface area contributed by atoms with Crippen LogP contribution in [0.25, 0.3) is 0 Å². The molecule has 15 heteroatoms. The summed E-state index contributed by atoms with van der Waals surface area (Å²) in [4.78, 5) is 41.1. The molecule has 4 rings (SSSR count). The van der Waals surface area contributed by atoms with E-state index in [2.05, 4.69) is 10.6 Å². The number of anilines is 1. The first kappa shape index (κ1) is 38.6. The van der Waals surface area contributed by atoms with E-state index in [-0.39, 0.29) is 24.4 Å². The van der Waals surface area contributed by atoms with Crippen LogP contribution in [0.1, 0.15) is 45.6 Å². The Bertz CT molecular complexity index is 1530. The zero-order valence-electron chi connectivity index (χ0n) is 29.4. The zero-order valence-corrected chi connectivity index (χ0v) is 31.1. The fourth-order valence-electron chi connectivity index (χ4n) is 6.43. The molecular weight excluding hydrogens is 678 g/mol. The van der Waals surface area contributed by atoms with Gasteiger partial charge >= 0.3 is 12.2 Å². The number of epoxide rings is 1. The summed E-state index contributed by atoms with van der Waals surface area (Å²) in [5, 5.41) is 17.1. The fraction of sp³-hybridized carbons (Fsp3) is 0.618. The van der Waals surface area contributed by atoms with E-state index in [9.17, 15) is 23.7 Å². The minimum atomic E-state index is -2.26. The maximum Gasteiger partial charge on any atom is 0.409 e. The number of rotatable bonds is 7. The van der Waals surface area contributed by atoms with Crippen LogP contribution in [-0.2, 0) is 40.1 Å². The van der Waals surface area contributed by atoms with Gasteiger partial charge in [0.05, 0.1) is 25.3 Å². The van der Waals surface area contributed by atoms with Gasteiger partial charge in [-0.25, -0.2) is 9.59 Å². The largest absolute Gasteiger partial charge is 0.495 e. The van der Waals surface area contributed by atoms with Crippen molar-refractivity contribution < 1.29 is 47.4 Å². The van der Waals surface area contributed by atoms with Crippen LogP contribution in [0.3, 0.4) is 0 Å². The number of benzene rings is 1. The van der Waals surface area contributed by atoms with Gasteiger partial charge in [-0.3, -0.25) is 14.3 Å². The molecular formula is C34H50ClN3O10S. The molecule has 13 nitrogen and oxygen atoms in total. The van der Waals surface area contributed by atoms with Gasteiger partial charge in [0.25, 0.3) is 0 Å². The molecule has 0 saturated carbocycles. The van der Waals surface area contributed by atoms with Gasteiger partial charge in [0, 0.05) is 38.8 Å². The molecule has 0 radical (unpaired) electrons. The molecule has 0 unspecified atom stereocenters. The van der Waals surface area contributed by atoms with Gasteiger partial charge in [-0.1, -0.05) is 42.3 Å². The van der Waals surface area contributed by atoms with Gasteiger partial charge in [-0.05, 0) is 56.9 Å². The standard InChI is InChI=1S/C34H50ClN3O10S/c1-20-11-9-12-26(45-6)34(42)19-25(46-32(41)37-34)21(2)30-33(3,48-30)27(47-31(40)36-13-10-14-49(7,8)43)18-28(39)38(4)23-16-22(15-20)17-24(44-5)29(23)35/h9,11-12,16-17,21,25-27,30,42,49H,10,13-15,18-19H2,1-8H3,(H,36,40)(H,37,41)/b12-9+,20-11+/t21-,25+,26-,27+,30+,33+,34+/m1/s1. The van der Waals surface area contributed by atoms with Crippen LogP contribution in [0, 0.1) is 5.92 Å². The maximum absolute atomic E-state index is 13.9. The number of halogens is 1. The summed E-state index contributed by atoms with van der Waals surface area (Å²) in [5.41, 5.74) is -0.787. The molecule has 3 heterocycles. The summed E-state index contributed by atoms with van der Waals surface area (Å²) in [7, 11) is 2.25. The Labute approximate surface area is 294 Å². The lowest BCUT2D eigenvalue weighted by atomic mass is 9.83. The first-order chi connectivity index (χ1) is 22.9. The molecule has 274 valence electrons. The van der Waals surface area contributed by atoms with E-state index < -0.39 is 69.7 Å². The van der Waals surface area contributed by atoms with Crippen LogP contribution in [0.4, 0.5) is 15.3 Å². The van der Waals surface area contributed by atoms with E-state index in [1.807, 2.05) is 19.9 Å². The second kappa shape index (κ2) is 15.4. The van der Waals surface area contributed by atoms with Gasteiger partial charge in [-0.15, -0.1) is 9.93 Å². The Morgan fingerprint density at radius 1 is 1.27 bits per heavy atom. The molecule has 7 atom stereocenters. The van der Waals surface area contributed by atoms with E-state index in [0.717, 1.165) is 11.1 Å². The van der Waals surface area contributed by atoms with Crippen LogP contribution >= 0.6 is 11.6 Å². The molecule has 3 aliphatic rings. The lowest BCUT2D eigenvalue weighted by molar-refractivity contribution is -0.142. The minimum absolute atomic E-state index is 0.0299. The Morgan fingerprint density at radius 3 is 2.63 bits per heavy atom. The van der Waals surface area contributed by atoms with Crippen LogP contribution in [0.15, 0.2) is 35.9 Å². The monoisotopic (exact) mass is 727 g/mol. The Morgan fingerprint density at radius 2 is 1.98 bits per heavy atom. The van der Waals surface area contributed by atoms with Crippen molar-refractivity contribution in [2.45, 2.75) is 82.2 Å². The molecule has 3 N–H and O–H groups in total. The summed E-state index contributed by atoms with van der Waals surface area (Å²) >= 11 is 6.71. The van der Waals surface area contributed by atoms with Crippen LogP contribution < -0.4 is 20.3 Å². The fourth-order valence-corrected chi connectivity index (χ4v) is 7.66. The van der Waals surface area contributed by atoms with Gasteiger partial charge in [0.15, 0.2) is 5.72 Å². The molecule has 2 saturated heterocycles. The molecule has 2 fully saturated rings. The number of hydrogen-bond donors (Lipinski definition) is 4. The van der Waals surface area contributed by atoms with E-state index >= 15 is 0 Å². The SMILES string of the molecule is COc1cc2cc(c1Cl)N(C)C(=O)C[C@H](OC(=O)NCCC[SH](C)(C)=O)[C@]1(C)O[C@H]1[C@H](C)[C@@H]1C[C@@](O)(NC(=O)O1)[C@H](OC)/C=C/C=C(\C)C2. The molecule has 0 aliphatic carbocycles. The highest BCUT2D eigenvalue weighted by atomic mass is 35.5.